The van der Waals surface area contributed by atoms with Crippen LogP contribution in [0.3, 0.4) is 0 Å². The average molecular weight is 272 g/mol. The maximum absolute atomic E-state index is 11.4. The first-order valence-electron chi connectivity index (χ1n) is 4.21. The molecule has 0 unspecified atom stereocenters. The van der Waals surface area contributed by atoms with Gasteiger partial charge in [0.25, 0.3) is 5.91 Å². The Morgan fingerprint density at radius 1 is 1.64 bits per heavy atom. The number of hydrogen-bond donors (Lipinski definition) is 1. The van der Waals surface area contributed by atoms with Crippen molar-refractivity contribution in [3.63, 3.8) is 0 Å². The number of unbranched alkanes of at least 4 members (excludes halogenated alkanes) is 1. The van der Waals surface area contributed by atoms with Gasteiger partial charge in [-0.15, -0.1) is 23.7 Å². The lowest BCUT2D eigenvalue weighted by Crippen LogP contribution is -2.23. The Hall–Kier alpha value is -0.790. The molecule has 0 saturated heterocycles. The Morgan fingerprint density at radius 2 is 2.43 bits per heavy atom. The highest BCUT2D eigenvalue weighted by molar-refractivity contribution is 9.11. The summed E-state index contributed by atoms with van der Waals surface area (Å²) >= 11 is 4.73. The predicted octanol–water partition coefficient (Wildman–Crippen LogP) is 2.65. The van der Waals surface area contributed by atoms with E-state index in [-0.39, 0.29) is 5.91 Å². The van der Waals surface area contributed by atoms with Crippen LogP contribution >= 0.6 is 27.3 Å². The van der Waals surface area contributed by atoms with Gasteiger partial charge >= 0.3 is 0 Å². The number of hydrogen-bond acceptors (Lipinski definition) is 2. The minimum Gasteiger partial charge on any atom is -0.351 e. The highest BCUT2D eigenvalue weighted by Crippen LogP contribution is 2.21. The minimum absolute atomic E-state index is 0.0299. The second kappa shape index (κ2) is 5.84. The Balaban J connectivity index is 2.33. The van der Waals surface area contributed by atoms with E-state index in [0.717, 1.165) is 15.1 Å². The summed E-state index contributed by atoms with van der Waals surface area (Å²) in [7, 11) is 0. The van der Waals surface area contributed by atoms with Gasteiger partial charge < -0.3 is 5.32 Å². The molecule has 0 aromatic carbocycles. The van der Waals surface area contributed by atoms with Crippen LogP contribution in [0, 0.1) is 12.3 Å². The molecular weight excluding hydrogens is 262 g/mol. The number of terminal acetylenes is 1. The molecule has 0 radical (unpaired) electrons. The highest BCUT2D eigenvalue weighted by atomic mass is 79.9. The Bertz CT molecular complexity index is 353. The number of amides is 1. The number of carbonyl (C=O) groups excluding carboxylic acids is 1. The van der Waals surface area contributed by atoms with E-state index in [1.165, 1.54) is 11.3 Å². The van der Waals surface area contributed by atoms with Crippen LogP contribution in [-0.2, 0) is 0 Å². The zero-order valence-corrected chi connectivity index (χ0v) is 9.95. The van der Waals surface area contributed by atoms with Crippen molar-refractivity contribution < 1.29 is 4.79 Å². The van der Waals surface area contributed by atoms with E-state index in [0.29, 0.717) is 13.0 Å². The molecular formula is C10H10BrNOS. The number of thiophene rings is 1. The fraction of sp³-hybridized carbons (Fsp3) is 0.300. The first-order valence-corrected chi connectivity index (χ1v) is 5.82. The predicted molar refractivity (Wildman–Crippen MR) is 62.4 cm³/mol. The molecule has 0 aliphatic rings. The normalized spacial score (nSPS) is 9.43. The molecule has 0 fully saturated rings. The van der Waals surface area contributed by atoms with E-state index >= 15 is 0 Å². The molecule has 1 N–H and O–H groups in total. The number of carbonyl (C=O) groups is 1. The summed E-state index contributed by atoms with van der Waals surface area (Å²) in [6.45, 7) is 0.637. The molecule has 1 rings (SSSR count). The van der Waals surface area contributed by atoms with Crippen molar-refractivity contribution in [2.45, 2.75) is 12.8 Å². The molecule has 0 aliphatic heterocycles. The second-order valence-corrected chi connectivity index (χ2v) is 5.13. The van der Waals surface area contributed by atoms with E-state index in [1.807, 2.05) is 6.07 Å². The summed E-state index contributed by atoms with van der Waals surface area (Å²) in [4.78, 5) is 12.2. The zero-order chi connectivity index (χ0) is 10.4. The maximum Gasteiger partial charge on any atom is 0.261 e. The molecule has 0 bridgehead atoms. The van der Waals surface area contributed by atoms with Crippen LogP contribution in [0.1, 0.15) is 22.5 Å². The Kier molecular flexibility index (Phi) is 4.71. The SMILES string of the molecule is C#CCCCNC(=O)c1ccc(Br)s1. The van der Waals surface area contributed by atoms with Gasteiger partial charge in [-0.1, -0.05) is 0 Å². The third kappa shape index (κ3) is 3.52. The van der Waals surface area contributed by atoms with Crippen molar-refractivity contribution >= 4 is 33.2 Å². The van der Waals surface area contributed by atoms with Gasteiger partial charge in [-0.25, -0.2) is 0 Å². The van der Waals surface area contributed by atoms with E-state index < -0.39 is 0 Å². The third-order valence-corrected chi connectivity index (χ3v) is 3.20. The van der Waals surface area contributed by atoms with Crippen LogP contribution in [0.5, 0.6) is 0 Å². The number of nitrogens with one attached hydrogen (secondary N) is 1. The van der Waals surface area contributed by atoms with Crippen molar-refractivity contribution in [2.75, 3.05) is 6.54 Å². The second-order valence-electron chi connectivity index (χ2n) is 2.67. The van der Waals surface area contributed by atoms with E-state index in [9.17, 15) is 4.79 Å². The van der Waals surface area contributed by atoms with Crippen LogP contribution in [0.15, 0.2) is 15.9 Å². The van der Waals surface area contributed by atoms with Gasteiger partial charge in [0.2, 0.25) is 0 Å². The molecule has 0 saturated carbocycles. The lowest BCUT2D eigenvalue weighted by molar-refractivity contribution is 0.0957. The van der Waals surface area contributed by atoms with E-state index in [2.05, 4.69) is 27.2 Å². The van der Waals surface area contributed by atoms with Crippen molar-refractivity contribution in [2.24, 2.45) is 0 Å². The van der Waals surface area contributed by atoms with Gasteiger partial charge in [0.1, 0.15) is 0 Å². The molecule has 4 heteroatoms. The molecule has 2 nitrogen and oxygen atoms in total. The van der Waals surface area contributed by atoms with Gasteiger partial charge in [-0.3, -0.25) is 4.79 Å². The lowest BCUT2D eigenvalue weighted by atomic mass is 10.3. The third-order valence-electron chi connectivity index (χ3n) is 1.58. The lowest BCUT2D eigenvalue weighted by Gasteiger charge is -2.00. The highest BCUT2D eigenvalue weighted by Gasteiger charge is 2.06. The molecule has 0 aliphatic carbocycles. The van der Waals surface area contributed by atoms with Crippen molar-refractivity contribution in [1.29, 1.82) is 0 Å². The molecule has 74 valence electrons. The molecule has 1 aromatic rings. The van der Waals surface area contributed by atoms with Crippen LogP contribution in [0.4, 0.5) is 0 Å². The monoisotopic (exact) mass is 271 g/mol. The summed E-state index contributed by atoms with van der Waals surface area (Å²) in [5.41, 5.74) is 0. The van der Waals surface area contributed by atoms with Gasteiger partial charge in [0, 0.05) is 13.0 Å². The first kappa shape index (κ1) is 11.3. The Labute approximate surface area is 95.8 Å². The van der Waals surface area contributed by atoms with Gasteiger partial charge in [-0.05, 0) is 34.5 Å². The minimum atomic E-state index is -0.0299. The van der Waals surface area contributed by atoms with Crippen molar-refractivity contribution in [1.82, 2.24) is 5.32 Å². The fourth-order valence-corrected chi connectivity index (χ4v) is 2.22. The van der Waals surface area contributed by atoms with E-state index in [4.69, 9.17) is 6.42 Å². The quantitative estimate of drug-likeness (QED) is 0.662. The van der Waals surface area contributed by atoms with Crippen molar-refractivity contribution in [3.8, 4) is 12.3 Å². The zero-order valence-electron chi connectivity index (χ0n) is 7.55. The van der Waals surface area contributed by atoms with Crippen LogP contribution < -0.4 is 5.32 Å². The summed E-state index contributed by atoms with van der Waals surface area (Å²) in [6.07, 6.45) is 6.62. The Morgan fingerprint density at radius 3 is 3.00 bits per heavy atom. The van der Waals surface area contributed by atoms with Gasteiger partial charge in [0.05, 0.1) is 8.66 Å². The number of halogens is 1. The molecule has 1 heterocycles. The molecule has 1 amide bonds. The summed E-state index contributed by atoms with van der Waals surface area (Å²) in [5.74, 6) is 2.50. The molecule has 14 heavy (non-hydrogen) atoms. The average Bonchev–Trinajstić information content (AvgIpc) is 2.59. The van der Waals surface area contributed by atoms with Gasteiger partial charge in [-0.2, -0.15) is 0 Å². The van der Waals surface area contributed by atoms with E-state index in [1.54, 1.807) is 6.07 Å². The number of rotatable bonds is 4. The van der Waals surface area contributed by atoms with Crippen molar-refractivity contribution in [3.05, 3.63) is 20.8 Å². The topological polar surface area (TPSA) is 29.1 Å². The summed E-state index contributed by atoms with van der Waals surface area (Å²) < 4.78 is 0.964. The first-order chi connectivity index (χ1) is 6.74. The maximum atomic E-state index is 11.4. The molecule has 1 aromatic heterocycles. The fourth-order valence-electron chi connectivity index (χ4n) is 0.916. The molecule has 0 atom stereocenters. The summed E-state index contributed by atoms with van der Waals surface area (Å²) in [5, 5.41) is 2.80. The summed E-state index contributed by atoms with van der Waals surface area (Å²) in [6, 6.07) is 3.66. The largest absolute Gasteiger partial charge is 0.351 e. The standard InChI is InChI=1S/C10H10BrNOS/c1-2-3-4-7-12-10(13)8-5-6-9(11)14-8/h1,5-6H,3-4,7H2,(H,12,13). The molecule has 0 spiro atoms. The van der Waals surface area contributed by atoms with Crippen LogP contribution in [0.2, 0.25) is 0 Å². The van der Waals surface area contributed by atoms with Crippen LogP contribution in [0.25, 0.3) is 0 Å². The van der Waals surface area contributed by atoms with Gasteiger partial charge in [0.15, 0.2) is 0 Å². The smallest absolute Gasteiger partial charge is 0.261 e. The van der Waals surface area contributed by atoms with Crippen LogP contribution in [-0.4, -0.2) is 12.5 Å².